The van der Waals surface area contributed by atoms with E-state index in [2.05, 4.69) is 27.8 Å². The molecule has 0 bridgehead atoms. The molecule has 0 radical (unpaired) electrons. The maximum atomic E-state index is 13.2. The number of halogens is 2. The van der Waals surface area contributed by atoms with Crippen LogP contribution >= 0.6 is 15.9 Å². The summed E-state index contributed by atoms with van der Waals surface area (Å²) >= 11 is 3.24. The molecular formula is C14H20BrFN2. The first-order chi connectivity index (χ1) is 8.60. The van der Waals surface area contributed by atoms with Gasteiger partial charge in [-0.15, -0.1) is 0 Å². The Labute approximate surface area is 116 Å². The van der Waals surface area contributed by atoms with Gasteiger partial charge in [0.05, 0.1) is 4.47 Å². The first kappa shape index (κ1) is 14.0. The van der Waals surface area contributed by atoms with E-state index >= 15 is 0 Å². The first-order valence-electron chi connectivity index (χ1n) is 6.48. The highest BCUT2D eigenvalue weighted by atomic mass is 79.9. The van der Waals surface area contributed by atoms with E-state index in [-0.39, 0.29) is 5.82 Å². The molecule has 0 spiro atoms. The molecule has 2 atom stereocenters. The van der Waals surface area contributed by atoms with Crippen molar-refractivity contribution in [1.82, 2.24) is 4.90 Å². The van der Waals surface area contributed by atoms with Crippen LogP contribution in [0.3, 0.4) is 0 Å². The minimum atomic E-state index is -0.203. The van der Waals surface area contributed by atoms with Crippen molar-refractivity contribution < 1.29 is 4.39 Å². The van der Waals surface area contributed by atoms with Gasteiger partial charge in [0.15, 0.2) is 0 Å². The summed E-state index contributed by atoms with van der Waals surface area (Å²) in [5.74, 6) is 0.398. The zero-order valence-corrected chi connectivity index (χ0v) is 12.3. The summed E-state index contributed by atoms with van der Waals surface area (Å²) in [6.07, 6.45) is 2.42. The van der Waals surface area contributed by atoms with E-state index in [9.17, 15) is 4.39 Å². The fraction of sp³-hybridized carbons (Fsp3) is 0.571. The van der Waals surface area contributed by atoms with Crippen molar-refractivity contribution in [2.75, 3.05) is 13.1 Å². The Morgan fingerprint density at radius 1 is 1.44 bits per heavy atom. The third-order valence-corrected chi connectivity index (χ3v) is 4.42. The van der Waals surface area contributed by atoms with Gasteiger partial charge in [-0.3, -0.25) is 4.90 Å². The number of likely N-dealkylation sites (tertiary alicyclic amines) is 1. The van der Waals surface area contributed by atoms with Gasteiger partial charge in [0, 0.05) is 19.1 Å². The van der Waals surface area contributed by atoms with Gasteiger partial charge in [-0.05, 0) is 65.9 Å². The van der Waals surface area contributed by atoms with E-state index in [1.54, 1.807) is 0 Å². The molecule has 0 aliphatic carbocycles. The molecule has 2 unspecified atom stereocenters. The molecule has 4 heteroatoms. The van der Waals surface area contributed by atoms with Gasteiger partial charge in [-0.2, -0.15) is 0 Å². The van der Waals surface area contributed by atoms with Crippen LogP contribution in [0.15, 0.2) is 22.7 Å². The summed E-state index contributed by atoms with van der Waals surface area (Å²) in [7, 11) is 0. The van der Waals surface area contributed by atoms with Crippen LogP contribution in [0.4, 0.5) is 4.39 Å². The Kier molecular flexibility index (Phi) is 4.76. The standard InChI is InChI=1S/C14H20BrFN2/c1-10-2-3-12(7-17)9-18(10)8-11-4-5-14(16)13(15)6-11/h4-6,10,12H,2-3,7-9,17H2,1H3. The van der Waals surface area contributed by atoms with Crippen LogP contribution in [0.25, 0.3) is 0 Å². The maximum Gasteiger partial charge on any atom is 0.137 e. The quantitative estimate of drug-likeness (QED) is 0.928. The topological polar surface area (TPSA) is 29.3 Å². The van der Waals surface area contributed by atoms with Crippen LogP contribution in [0.5, 0.6) is 0 Å². The SMILES string of the molecule is CC1CCC(CN)CN1Cc1ccc(F)c(Br)c1. The van der Waals surface area contributed by atoms with E-state index in [1.165, 1.54) is 18.9 Å². The van der Waals surface area contributed by atoms with Crippen LogP contribution in [0.2, 0.25) is 0 Å². The van der Waals surface area contributed by atoms with Gasteiger partial charge in [0.2, 0.25) is 0 Å². The molecule has 100 valence electrons. The van der Waals surface area contributed by atoms with Crippen molar-refractivity contribution in [3.05, 3.63) is 34.1 Å². The summed E-state index contributed by atoms with van der Waals surface area (Å²) < 4.78 is 13.7. The molecule has 1 aliphatic heterocycles. The van der Waals surface area contributed by atoms with E-state index in [0.29, 0.717) is 16.4 Å². The van der Waals surface area contributed by atoms with E-state index in [4.69, 9.17) is 5.73 Å². The highest BCUT2D eigenvalue weighted by Gasteiger charge is 2.24. The van der Waals surface area contributed by atoms with Gasteiger partial charge in [-0.1, -0.05) is 6.07 Å². The maximum absolute atomic E-state index is 13.2. The number of nitrogens with zero attached hydrogens (tertiary/aromatic N) is 1. The Hall–Kier alpha value is -0.450. The lowest BCUT2D eigenvalue weighted by Gasteiger charge is -2.37. The minimum Gasteiger partial charge on any atom is -0.330 e. The highest BCUT2D eigenvalue weighted by molar-refractivity contribution is 9.10. The Morgan fingerprint density at radius 3 is 2.89 bits per heavy atom. The molecule has 2 N–H and O–H groups in total. The predicted molar refractivity (Wildman–Crippen MR) is 75.8 cm³/mol. The third-order valence-electron chi connectivity index (χ3n) is 3.81. The molecule has 18 heavy (non-hydrogen) atoms. The van der Waals surface area contributed by atoms with Crippen molar-refractivity contribution in [1.29, 1.82) is 0 Å². The molecule has 1 aromatic carbocycles. The van der Waals surface area contributed by atoms with Crippen LogP contribution in [0.1, 0.15) is 25.3 Å². The molecule has 0 amide bonds. The fourth-order valence-electron chi connectivity index (χ4n) is 2.55. The van der Waals surface area contributed by atoms with E-state index < -0.39 is 0 Å². The van der Waals surface area contributed by atoms with Gasteiger partial charge in [0.25, 0.3) is 0 Å². The lowest BCUT2D eigenvalue weighted by molar-refractivity contribution is 0.113. The van der Waals surface area contributed by atoms with Crippen LogP contribution in [0, 0.1) is 11.7 Å². The zero-order valence-electron chi connectivity index (χ0n) is 10.7. The number of benzene rings is 1. The predicted octanol–water partition coefficient (Wildman–Crippen LogP) is 3.15. The Balaban J connectivity index is 2.04. The summed E-state index contributed by atoms with van der Waals surface area (Å²) in [5, 5.41) is 0. The fourth-order valence-corrected chi connectivity index (χ4v) is 2.97. The normalized spacial score (nSPS) is 25.3. The molecule has 1 aliphatic rings. The van der Waals surface area contributed by atoms with Crippen molar-refractivity contribution in [2.45, 2.75) is 32.4 Å². The van der Waals surface area contributed by atoms with Crippen molar-refractivity contribution in [2.24, 2.45) is 11.7 Å². The molecule has 1 saturated heterocycles. The second kappa shape index (κ2) is 6.13. The summed E-state index contributed by atoms with van der Waals surface area (Å²) in [4.78, 5) is 2.45. The van der Waals surface area contributed by atoms with Crippen LogP contribution < -0.4 is 5.73 Å². The number of hydrogen-bond acceptors (Lipinski definition) is 2. The molecule has 1 heterocycles. The summed E-state index contributed by atoms with van der Waals surface area (Å²) in [5.41, 5.74) is 6.91. The molecule has 1 fully saturated rings. The van der Waals surface area contributed by atoms with Crippen molar-refractivity contribution >= 4 is 15.9 Å². The van der Waals surface area contributed by atoms with Crippen LogP contribution in [-0.2, 0) is 6.54 Å². The monoisotopic (exact) mass is 314 g/mol. The largest absolute Gasteiger partial charge is 0.330 e. The van der Waals surface area contributed by atoms with Gasteiger partial charge >= 0.3 is 0 Å². The Bertz CT molecular complexity index is 411. The number of rotatable bonds is 3. The molecule has 0 saturated carbocycles. The van der Waals surface area contributed by atoms with Crippen molar-refractivity contribution in [3.8, 4) is 0 Å². The van der Waals surface area contributed by atoms with Crippen molar-refractivity contribution in [3.63, 3.8) is 0 Å². The number of piperidine rings is 1. The second-order valence-corrected chi connectivity index (χ2v) is 6.06. The first-order valence-corrected chi connectivity index (χ1v) is 7.27. The second-order valence-electron chi connectivity index (χ2n) is 5.21. The van der Waals surface area contributed by atoms with Gasteiger partial charge in [-0.25, -0.2) is 4.39 Å². The number of nitrogens with two attached hydrogens (primary N) is 1. The molecule has 2 nitrogen and oxygen atoms in total. The average molecular weight is 315 g/mol. The number of hydrogen-bond donors (Lipinski definition) is 1. The molecule has 2 rings (SSSR count). The lowest BCUT2D eigenvalue weighted by Crippen LogP contribution is -2.43. The summed E-state index contributed by atoms with van der Waals surface area (Å²) in [6.45, 7) is 4.94. The van der Waals surface area contributed by atoms with Crippen LogP contribution in [-0.4, -0.2) is 24.0 Å². The van der Waals surface area contributed by atoms with Gasteiger partial charge in [0.1, 0.15) is 5.82 Å². The van der Waals surface area contributed by atoms with E-state index in [1.807, 2.05) is 12.1 Å². The highest BCUT2D eigenvalue weighted by Crippen LogP contribution is 2.24. The third kappa shape index (κ3) is 3.31. The van der Waals surface area contributed by atoms with E-state index in [0.717, 1.165) is 25.2 Å². The minimum absolute atomic E-state index is 0.203. The molecule has 1 aromatic rings. The zero-order chi connectivity index (χ0) is 13.1. The Morgan fingerprint density at radius 2 is 2.22 bits per heavy atom. The average Bonchev–Trinajstić information content (AvgIpc) is 2.36. The smallest absolute Gasteiger partial charge is 0.137 e. The summed E-state index contributed by atoms with van der Waals surface area (Å²) in [6, 6.07) is 5.83. The molecule has 0 aromatic heterocycles. The molecular weight excluding hydrogens is 295 g/mol. The van der Waals surface area contributed by atoms with Gasteiger partial charge < -0.3 is 5.73 Å². The lowest BCUT2D eigenvalue weighted by atomic mass is 9.93.